The molecule has 24 heavy (non-hydrogen) atoms. The minimum atomic E-state index is -1.06. The van der Waals surface area contributed by atoms with Crippen LogP contribution in [0, 0.1) is 0 Å². The molecule has 124 valence electrons. The van der Waals surface area contributed by atoms with Crippen LogP contribution in [0.25, 0.3) is 0 Å². The number of anilines is 1. The van der Waals surface area contributed by atoms with Crippen molar-refractivity contribution in [1.82, 2.24) is 9.80 Å². The van der Waals surface area contributed by atoms with Crippen molar-refractivity contribution >= 4 is 35.2 Å². The monoisotopic (exact) mass is 329 g/mol. The van der Waals surface area contributed by atoms with E-state index in [1.807, 2.05) is 0 Å². The third kappa shape index (κ3) is 3.37. The number of carbonyl (C=O) groups is 5. The molecule has 1 saturated heterocycles. The summed E-state index contributed by atoms with van der Waals surface area (Å²) in [5.41, 5.74) is 0.759. The average Bonchev–Trinajstić information content (AvgIpc) is 2.73. The number of amides is 5. The zero-order valence-electron chi connectivity index (χ0n) is 12.9. The highest BCUT2D eigenvalue weighted by Crippen LogP contribution is 2.14. The van der Waals surface area contributed by atoms with E-state index in [-0.39, 0.29) is 12.3 Å². The normalized spacial score (nSPS) is 14.1. The second kappa shape index (κ2) is 6.86. The lowest BCUT2D eigenvalue weighted by Crippen LogP contribution is -2.39. The van der Waals surface area contributed by atoms with Gasteiger partial charge in [0.1, 0.15) is 6.54 Å². The second-order valence-electron chi connectivity index (χ2n) is 5.06. The standard InChI is InChI=1S/C16H15N3O5/c1-3-7-18-14(22)15(23)19(16(18)24)9-13(21)17-12-6-4-5-11(8-12)10(2)20/h3-6,8H,1,7,9H2,2H3,(H,17,21). The molecule has 2 rings (SSSR count). The van der Waals surface area contributed by atoms with Crippen molar-refractivity contribution in [2.45, 2.75) is 6.92 Å². The molecular formula is C16H15N3O5. The van der Waals surface area contributed by atoms with Crippen LogP contribution in [0.4, 0.5) is 10.5 Å². The summed E-state index contributed by atoms with van der Waals surface area (Å²) < 4.78 is 0. The lowest BCUT2D eigenvalue weighted by atomic mass is 10.1. The van der Waals surface area contributed by atoms with E-state index in [1.165, 1.54) is 19.1 Å². The van der Waals surface area contributed by atoms with Gasteiger partial charge < -0.3 is 5.32 Å². The fourth-order valence-corrected chi connectivity index (χ4v) is 2.14. The van der Waals surface area contributed by atoms with Gasteiger partial charge >= 0.3 is 17.8 Å². The lowest BCUT2D eigenvalue weighted by Gasteiger charge is -2.14. The summed E-state index contributed by atoms with van der Waals surface area (Å²) >= 11 is 0. The fraction of sp³-hybridized carbons (Fsp3) is 0.188. The quantitative estimate of drug-likeness (QED) is 0.360. The summed E-state index contributed by atoms with van der Waals surface area (Å²) in [5.74, 6) is -2.88. The molecule has 8 nitrogen and oxygen atoms in total. The number of ketones is 1. The lowest BCUT2D eigenvalue weighted by molar-refractivity contribution is -0.143. The number of rotatable bonds is 6. The first-order chi connectivity index (χ1) is 11.3. The molecule has 1 aliphatic rings. The van der Waals surface area contributed by atoms with Crippen LogP contribution in [-0.2, 0) is 14.4 Å². The van der Waals surface area contributed by atoms with Crippen LogP contribution >= 0.6 is 0 Å². The number of nitrogens with zero attached hydrogens (tertiary/aromatic N) is 2. The summed E-state index contributed by atoms with van der Waals surface area (Å²) in [4.78, 5) is 60.1. The maximum atomic E-state index is 12.0. The van der Waals surface area contributed by atoms with Crippen molar-refractivity contribution in [3.8, 4) is 0 Å². The largest absolute Gasteiger partial charge is 0.335 e. The Kier molecular flexibility index (Phi) is 4.88. The minimum absolute atomic E-state index is 0.109. The predicted molar refractivity (Wildman–Crippen MR) is 84.1 cm³/mol. The molecule has 1 N–H and O–H groups in total. The highest BCUT2D eigenvalue weighted by Gasteiger charge is 2.44. The van der Waals surface area contributed by atoms with Gasteiger partial charge in [0.15, 0.2) is 5.78 Å². The first-order valence-corrected chi connectivity index (χ1v) is 7.04. The predicted octanol–water partition coefficient (Wildman–Crippen LogP) is 0.804. The Morgan fingerprint density at radius 3 is 2.46 bits per heavy atom. The van der Waals surface area contributed by atoms with Crippen LogP contribution in [0.15, 0.2) is 36.9 Å². The number of urea groups is 1. The van der Waals surface area contributed by atoms with Crippen LogP contribution < -0.4 is 5.32 Å². The number of Topliss-reactive ketones (excluding diaryl/α,β-unsaturated/α-hetero) is 1. The molecular weight excluding hydrogens is 314 g/mol. The molecule has 0 bridgehead atoms. The Bertz CT molecular complexity index is 756. The van der Waals surface area contributed by atoms with Crippen molar-refractivity contribution in [2.75, 3.05) is 18.4 Å². The average molecular weight is 329 g/mol. The second-order valence-corrected chi connectivity index (χ2v) is 5.06. The number of benzene rings is 1. The van der Waals surface area contributed by atoms with Crippen LogP contribution in [0.5, 0.6) is 0 Å². The van der Waals surface area contributed by atoms with Gasteiger partial charge in [0.2, 0.25) is 5.91 Å². The van der Waals surface area contributed by atoms with Crippen molar-refractivity contribution in [3.05, 3.63) is 42.5 Å². The third-order valence-corrected chi connectivity index (χ3v) is 3.30. The molecule has 0 saturated carbocycles. The fourth-order valence-electron chi connectivity index (χ4n) is 2.14. The Hall–Kier alpha value is -3.29. The number of hydrogen-bond acceptors (Lipinski definition) is 5. The van der Waals surface area contributed by atoms with E-state index < -0.39 is 30.3 Å². The number of nitrogens with one attached hydrogen (secondary N) is 1. The van der Waals surface area contributed by atoms with Gasteiger partial charge in [-0.05, 0) is 19.1 Å². The van der Waals surface area contributed by atoms with Crippen LogP contribution in [-0.4, -0.2) is 52.4 Å². The van der Waals surface area contributed by atoms with Gasteiger partial charge in [0, 0.05) is 17.8 Å². The van der Waals surface area contributed by atoms with Gasteiger partial charge in [-0.15, -0.1) is 6.58 Å². The van der Waals surface area contributed by atoms with Crippen molar-refractivity contribution < 1.29 is 24.0 Å². The molecule has 0 aliphatic carbocycles. The van der Waals surface area contributed by atoms with Gasteiger partial charge in [-0.2, -0.15) is 0 Å². The summed E-state index contributed by atoms with van der Waals surface area (Å²) in [6.07, 6.45) is 1.31. The maximum absolute atomic E-state index is 12.0. The molecule has 0 aromatic heterocycles. The Labute approximate surface area is 137 Å². The Balaban J connectivity index is 2.07. The molecule has 0 unspecified atom stereocenters. The maximum Gasteiger partial charge on any atom is 0.335 e. The molecule has 1 aliphatic heterocycles. The van der Waals surface area contributed by atoms with E-state index in [0.717, 1.165) is 0 Å². The number of hydrogen-bond donors (Lipinski definition) is 1. The Morgan fingerprint density at radius 2 is 1.83 bits per heavy atom. The molecule has 0 atom stereocenters. The molecule has 0 radical (unpaired) electrons. The van der Waals surface area contributed by atoms with Crippen molar-refractivity contribution in [3.63, 3.8) is 0 Å². The van der Waals surface area contributed by atoms with Crippen LogP contribution in [0.2, 0.25) is 0 Å². The smallest absolute Gasteiger partial charge is 0.325 e. The SMILES string of the molecule is C=CCN1C(=O)C(=O)N(CC(=O)Nc2cccc(C(C)=O)c2)C1=O. The minimum Gasteiger partial charge on any atom is -0.325 e. The summed E-state index contributed by atoms with van der Waals surface area (Å²) in [6, 6.07) is 5.36. The zero-order valence-corrected chi connectivity index (χ0v) is 12.9. The van der Waals surface area contributed by atoms with E-state index in [1.54, 1.807) is 18.2 Å². The van der Waals surface area contributed by atoms with E-state index in [0.29, 0.717) is 21.1 Å². The van der Waals surface area contributed by atoms with Crippen molar-refractivity contribution in [1.29, 1.82) is 0 Å². The number of imide groups is 2. The van der Waals surface area contributed by atoms with Gasteiger partial charge in [-0.1, -0.05) is 18.2 Å². The Morgan fingerprint density at radius 1 is 1.17 bits per heavy atom. The summed E-state index contributed by atoms with van der Waals surface area (Å²) in [6.45, 7) is 4.09. The third-order valence-electron chi connectivity index (χ3n) is 3.30. The number of carbonyl (C=O) groups excluding carboxylic acids is 5. The van der Waals surface area contributed by atoms with Gasteiger partial charge in [-0.25, -0.2) is 9.69 Å². The van der Waals surface area contributed by atoms with Crippen LogP contribution in [0.1, 0.15) is 17.3 Å². The van der Waals surface area contributed by atoms with Gasteiger partial charge in [0.25, 0.3) is 0 Å². The van der Waals surface area contributed by atoms with E-state index in [9.17, 15) is 24.0 Å². The van der Waals surface area contributed by atoms with E-state index in [4.69, 9.17) is 0 Å². The van der Waals surface area contributed by atoms with E-state index >= 15 is 0 Å². The van der Waals surface area contributed by atoms with Crippen molar-refractivity contribution in [2.24, 2.45) is 0 Å². The van der Waals surface area contributed by atoms with E-state index in [2.05, 4.69) is 11.9 Å². The molecule has 5 amide bonds. The molecule has 1 aromatic carbocycles. The summed E-state index contributed by atoms with van der Waals surface area (Å²) in [5, 5.41) is 2.48. The van der Waals surface area contributed by atoms with Crippen LogP contribution in [0.3, 0.4) is 0 Å². The molecule has 1 aromatic rings. The topological polar surface area (TPSA) is 104 Å². The molecule has 1 fully saturated rings. The highest BCUT2D eigenvalue weighted by molar-refractivity contribution is 6.45. The first-order valence-electron chi connectivity index (χ1n) is 7.04. The van der Waals surface area contributed by atoms with Gasteiger partial charge in [0.05, 0.1) is 0 Å². The van der Waals surface area contributed by atoms with Gasteiger partial charge in [-0.3, -0.25) is 24.1 Å². The molecule has 8 heteroatoms. The first kappa shape index (κ1) is 17.1. The molecule has 0 spiro atoms. The highest BCUT2D eigenvalue weighted by atomic mass is 16.2. The summed E-state index contributed by atoms with van der Waals surface area (Å²) in [7, 11) is 0. The molecule has 1 heterocycles. The zero-order chi connectivity index (χ0) is 17.9.